The van der Waals surface area contributed by atoms with Crippen molar-refractivity contribution in [3.63, 3.8) is 0 Å². The van der Waals surface area contributed by atoms with E-state index < -0.39 is 22.8 Å². The minimum atomic E-state index is -0.799. The average Bonchev–Trinajstić information content (AvgIpc) is 2.98. The number of hydrogen-bond donors (Lipinski definition) is 0. The van der Waals surface area contributed by atoms with Crippen molar-refractivity contribution in [2.45, 2.75) is 11.4 Å². The van der Waals surface area contributed by atoms with Crippen LogP contribution in [-0.2, 0) is 36.5 Å². The van der Waals surface area contributed by atoms with Gasteiger partial charge in [-0.05, 0) is 41.2 Å². The van der Waals surface area contributed by atoms with Gasteiger partial charge in [-0.2, -0.15) is 0 Å². The van der Waals surface area contributed by atoms with Gasteiger partial charge in [0.2, 0.25) is 4.90 Å². The Morgan fingerprint density at radius 3 is 2.30 bits per heavy atom. The molecule has 0 aliphatic carbocycles. The monoisotopic (exact) mass is 560 g/mol. The van der Waals surface area contributed by atoms with Crippen LogP contribution in [0.3, 0.4) is 0 Å². The van der Waals surface area contributed by atoms with Gasteiger partial charge in [-0.3, -0.25) is 9.36 Å². The third-order valence-corrected chi connectivity index (χ3v) is 7.96. The van der Waals surface area contributed by atoms with E-state index in [1.165, 1.54) is 20.3 Å². The van der Waals surface area contributed by atoms with Crippen LogP contribution in [0.1, 0.15) is 11.1 Å². The number of carbonyl (C=O) groups is 2. The Kier molecular flexibility index (Phi) is 9.23. The van der Waals surface area contributed by atoms with Crippen molar-refractivity contribution in [3.8, 4) is 11.5 Å². The Morgan fingerprint density at radius 1 is 0.975 bits per heavy atom. The summed E-state index contributed by atoms with van der Waals surface area (Å²) in [5, 5.41) is 13.7. The van der Waals surface area contributed by atoms with E-state index in [4.69, 9.17) is 4.74 Å². The zero-order valence-electron chi connectivity index (χ0n) is 22.3. The number of pyridine rings is 2. The fraction of sp³-hybridized carbons (Fsp3) is 0.200. The van der Waals surface area contributed by atoms with Gasteiger partial charge < -0.3 is 19.3 Å². The van der Waals surface area contributed by atoms with Gasteiger partial charge in [-0.15, -0.1) is 0 Å². The number of carbonyl (C=O) groups excluding carboxylic acids is 2. The summed E-state index contributed by atoms with van der Waals surface area (Å²) in [6, 6.07) is 19.7. The SMILES string of the molecule is COC(=O)C(=Cc1ccc(OCC[S+](C)c2c([O-])c3cccnc3n(Cc3ccccc3)c2=O)cc1)C(=O)OC. The van der Waals surface area contributed by atoms with Crippen molar-refractivity contribution in [2.24, 2.45) is 0 Å². The molecule has 0 N–H and O–H groups in total. The quantitative estimate of drug-likeness (QED) is 0.0955. The molecule has 10 heteroatoms. The summed E-state index contributed by atoms with van der Waals surface area (Å²) in [6.45, 7) is 0.579. The van der Waals surface area contributed by atoms with Crippen LogP contribution in [-0.4, -0.2) is 54.3 Å². The Bertz CT molecular complexity index is 1580. The van der Waals surface area contributed by atoms with Crippen LogP contribution < -0.4 is 15.4 Å². The minimum Gasteiger partial charge on any atom is -0.868 e. The molecule has 1 atom stereocenters. The highest BCUT2D eigenvalue weighted by Crippen LogP contribution is 2.27. The molecule has 0 bridgehead atoms. The number of nitrogens with zero attached hydrogens (tertiary/aromatic N) is 2. The lowest BCUT2D eigenvalue weighted by Crippen LogP contribution is -2.30. The number of benzene rings is 2. The van der Waals surface area contributed by atoms with Crippen LogP contribution in [0.5, 0.6) is 11.5 Å². The molecule has 4 rings (SSSR count). The first kappa shape index (κ1) is 28.4. The van der Waals surface area contributed by atoms with Crippen LogP contribution in [0.15, 0.2) is 88.2 Å². The molecule has 0 fully saturated rings. The number of ether oxygens (including phenoxy) is 3. The molecule has 2 heterocycles. The molecule has 0 aliphatic heterocycles. The first-order valence-corrected chi connectivity index (χ1v) is 14.1. The Labute approximate surface area is 234 Å². The minimum absolute atomic E-state index is 0.231. The molecule has 0 saturated carbocycles. The second-order valence-electron chi connectivity index (χ2n) is 8.71. The standard InChI is InChI=1S/C30H28N2O7S/c1-37-29(35)24(30(36)38-2)18-20-11-13-22(14-12-20)39-16-17-40(3)26-25(33)23-10-7-15-31-27(23)32(28(26)34)19-21-8-5-4-6-9-21/h4-15,18H,16-17,19H2,1-3H3. The van der Waals surface area contributed by atoms with Crippen molar-refractivity contribution >= 4 is 39.9 Å². The number of hydrogen-bond acceptors (Lipinski definition) is 8. The summed E-state index contributed by atoms with van der Waals surface area (Å²) >= 11 is 0. The lowest BCUT2D eigenvalue weighted by molar-refractivity contribution is -0.270. The number of rotatable bonds is 10. The van der Waals surface area contributed by atoms with E-state index in [0.717, 1.165) is 5.56 Å². The van der Waals surface area contributed by atoms with E-state index in [-0.39, 0.29) is 28.4 Å². The zero-order valence-corrected chi connectivity index (χ0v) is 23.1. The number of fused-ring (bicyclic) bond motifs is 1. The van der Waals surface area contributed by atoms with Crippen LogP contribution in [0.25, 0.3) is 17.1 Å². The predicted octanol–water partition coefficient (Wildman–Crippen LogP) is 2.93. The number of methoxy groups -OCH3 is 2. The van der Waals surface area contributed by atoms with Crippen LogP contribution >= 0.6 is 0 Å². The molecule has 2 aromatic carbocycles. The molecule has 0 saturated heterocycles. The normalized spacial score (nSPS) is 11.5. The van der Waals surface area contributed by atoms with E-state index in [9.17, 15) is 19.5 Å². The van der Waals surface area contributed by atoms with E-state index in [2.05, 4.69) is 14.5 Å². The van der Waals surface area contributed by atoms with Crippen molar-refractivity contribution in [1.82, 2.24) is 9.55 Å². The van der Waals surface area contributed by atoms with Crippen molar-refractivity contribution < 1.29 is 28.9 Å². The summed E-state index contributed by atoms with van der Waals surface area (Å²) in [6.07, 6.45) is 4.82. The molecule has 40 heavy (non-hydrogen) atoms. The third kappa shape index (κ3) is 6.35. The second-order valence-corrected chi connectivity index (χ2v) is 10.8. The van der Waals surface area contributed by atoms with Crippen molar-refractivity contribution in [3.05, 3.63) is 100.0 Å². The van der Waals surface area contributed by atoms with Gasteiger partial charge >= 0.3 is 17.5 Å². The number of esters is 2. The summed E-state index contributed by atoms with van der Waals surface area (Å²) in [5.74, 6) is -0.887. The van der Waals surface area contributed by atoms with Gasteiger partial charge in [0, 0.05) is 22.5 Å². The van der Waals surface area contributed by atoms with Gasteiger partial charge in [-0.1, -0.05) is 48.5 Å². The second kappa shape index (κ2) is 13.0. The van der Waals surface area contributed by atoms with Gasteiger partial charge in [0.1, 0.15) is 35.6 Å². The Morgan fingerprint density at radius 2 is 1.65 bits per heavy atom. The lowest BCUT2D eigenvalue weighted by Gasteiger charge is -2.18. The smallest absolute Gasteiger partial charge is 0.345 e. The van der Waals surface area contributed by atoms with Crippen molar-refractivity contribution in [1.29, 1.82) is 0 Å². The molecule has 9 nitrogen and oxygen atoms in total. The van der Waals surface area contributed by atoms with Crippen LogP contribution in [0.2, 0.25) is 0 Å². The first-order chi connectivity index (χ1) is 19.3. The van der Waals surface area contributed by atoms with Gasteiger partial charge in [0.05, 0.1) is 20.8 Å². The highest BCUT2D eigenvalue weighted by molar-refractivity contribution is 7.96. The van der Waals surface area contributed by atoms with E-state index in [0.29, 0.717) is 34.6 Å². The maximum atomic E-state index is 13.6. The summed E-state index contributed by atoms with van der Waals surface area (Å²) in [5.41, 5.74) is 1.31. The van der Waals surface area contributed by atoms with Gasteiger partial charge in [-0.25, -0.2) is 14.6 Å². The topological polar surface area (TPSA) is 120 Å². The summed E-state index contributed by atoms with van der Waals surface area (Å²) in [7, 11) is 1.67. The molecule has 0 spiro atoms. The Balaban J connectivity index is 1.50. The molecular formula is C30H28N2O7S. The first-order valence-electron chi connectivity index (χ1n) is 12.3. The molecule has 2 aromatic heterocycles. The van der Waals surface area contributed by atoms with E-state index >= 15 is 0 Å². The van der Waals surface area contributed by atoms with E-state index in [1.807, 2.05) is 36.6 Å². The highest BCUT2D eigenvalue weighted by atomic mass is 32.2. The van der Waals surface area contributed by atoms with Gasteiger partial charge in [0.15, 0.2) is 0 Å². The molecule has 0 radical (unpaired) electrons. The maximum absolute atomic E-state index is 13.6. The molecule has 1 unspecified atom stereocenters. The zero-order chi connectivity index (χ0) is 28.6. The predicted molar refractivity (Wildman–Crippen MR) is 151 cm³/mol. The third-order valence-electron chi connectivity index (χ3n) is 6.12. The molecule has 0 aliphatic rings. The number of aromatic nitrogens is 2. The highest BCUT2D eigenvalue weighted by Gasteiger charge is 2.25. The van der Waals surface area contributed by atoms with Crippen LogP contribution in [0.4, 0.5) is 0 Å². The van der Waals surface area contributed by atoms with Crippen LogP contribution in [0, 0.1) is 0 Å². The Hall–Kier alpha value is -4.57. The summed E-state index contributed by atoms with van der Waals surface area (Å²) in [4.78, 5) is 41.9. The van der Waals surface area contributed by atoms with Gasteiger partial charge in [0.25, 0.3) is 0 Å². The maximum Gasteiger partial charge on any atom is 0.345 e. The fourth-order valence-corrected chi connectivity index (χ4v) is 5.45. The fourth-order valence-electron chi connectivity index (χ4n) is 4.08. The largest absolute Gasteiger partial charge is 0.868 e. The lowest BCUT2D eigenvalue weighted by atomic mass is 10.1. The molecule has 4 aromatic rings. The average molecular weight is 561 g/mol. The summed E-state index contributed by atoms with van der Waals surface area (Å²) < 4.78 is 16.7. The van der Waals surface area contributed by atoms with E-state index in [1.54, 1.807) is 47.2 Å². The van der Waals surface area contributed by atoms with Crippen molar-refractivity contribution in [2.75, 3.05) is 32.8 Å². The molecular weight excluding hydrogens is 532 g/mol. The molecule has 0 amide bonds. The molecule has 206 valence electrons.